The summed E-state index contributed by atoms with van der Waals surface area (Å²) in [5.74, 6) is 1.97. The highest BCUT2D eigenvalue weighted by atomic mass is 32.1. The summed E-state index contributed by atoms with van der Waals surface area (Å²) in [6, 6.07) is 5.78. The van der Waals surface area contributed by atoms with E-state index in [4.69, 9.17) is 14.2 Å². The molecule has 1 aliphatic rings. The second-order valence-electron chi connectivity index (χ2n) is 4.53. The normalized spacial score (nSPS) is 14.1. The van der Waals surface area contributed by atoms with E-state index in [-0.39, 0.29) is 13.4 Å². The van der Waals surface area contributed by atoms with Crippen LogP contribution in [-0.4, -0.2) is 39.9 Å². The van der Waals surface area contributed by atoms with Crippen molar-refractivity contribution >= 4 is 11.7 Å². The molecule has 1 aromatic heterocycles. The van der Waals surface area contributed by atoms with Gasteiger partial charge in [-0.05, 0) is 17.7 Å². The van der Waals surface area contributed by atoms with Crippen LogP contribution in [0.25, 0.3) is 0 Å². The Morgan fingerprint density at radius 1 is 1.38 bits per heavy atom. The summed E-state index contributed by atoms with van der Waals surface area (Å²) >= 11 is 1.07. The fraction of sp³-hybridized carbons (Fsp3) is 0.385. The van der Waals surface area contributed by atoms with Crippen LogP contribution in [-0.2, 0) is 6.54 Å². The highest BCUT2D eigenvalue weighted by Crippen LogP contribution is 2.32. The summed E-state index contributed by atoms with van der Waals surface area (Å²) in [7, 11) is 0. The zero-order chi connectivity index (χ0) is 14.5. The van der Waals surface area contributed by atoms with Crippen molar-refractivity contribution in [3.05, 3.63) is 30.0 Å². The van der Waals surface area contributed by atoms with E-state index in [1.165, 1.54) is 6.20 Å². The van der Waals surface area contributed by atoms with Gasteiger partial charge in [0.15, 0.2) is 11.5 Å². The van der Waals surface area contributed by atoms with Crippen molar-refractivity contribution in [1.82, 2.24) is 14.1 Å². The minimum atomic E-state index is -0.610. The second-order valence-corrected chi connectivity index (χ2v) is 5.09. The summed E-state index contributed by atoms with van der Waals surface area (Å²) in [6.45, 7) is 1.51. The number of aliphatic hydroxyl groups is 1. The predicted molar refractivity (Wildman–Crippen MR) is 75.7 cm³/mol. The number of benzene rings is 1. The fourth-order valence-corrected chi connectivity index (χ4v) is 2.26. The van der Waals surface area contributed by atoms with Gasteiger partial charge in [-0.15, -0.1) is 4.37 Å². The van der Waals surface area contributed by atoms with Crippen LogP contribution < -0.4 is 19.5 Å². The van der Waals surface area contributed by atoms with Crippen molar-refractivity contribution in [1.29, 1.82) is 0 Å². The van der Waals surface area contributed by atoms with E-state index in [2.05, 4.69) is 14.1 Å². The summed E-state index contributed by atoms with van der Waals surface area (Å²) in [5.41, 5.74) is 1.07. The third-order valence-electron chi connectivity index (χ3n) is 2.91. The number of rotatable bonds is 7. The quantitative estimate of drug-likeness (QED) is 0.782. The Kier molecular flexibility index (Phi) is 4.49. The summed E-state index contributed by atoms with van der Waals surface area (Å²) in [4.78, 5) is 0. The highest BCUT2D eigenvalue weighted by Gasteiger charge is 2.13. The van der Waals surface area contributed by atoms with E-state index in [0.717, 1.165) is 28.8 Å². The van der Waals surface area contributed by atoms with Crippen LogP contribution >= 0.6 is 11.7 Å². The van der Waals surface area contributed by atoms with Crippen LogP contribution in [0.2, 0.25) is 0 Å². The van der Waals surface area contributed by atoms with Crippen LogP contribution in [0, 0.1) is 0 Å². The van der Waals surface area contributed by atoms with Gasteiger partial charge < -0.3 is 24.6 Å². The van der Waals surface area contributed by atoms with E-state index < -0.39 is 6.10 Å². The van der Waals surface area contributed by atoms with Gasteiger partial charge in [-0.3, -0.25) is 0 Å². The molecule has 0 amide bonds. The molecular formula is C13H15N3O4S. The Morgan fingerprint density at radius 2 is 2.29 bits per heavy atom. The molecule has 3 rings (SSSR count). The number of nitrogens with zero attached hydrogens (tertiary/aromatic N) is 2. The zero-order valence-corrected chi connectivity index (χ0v) is 12.0. The van der Waals surface area contributed by atoms with Gasteiger partial charge in [0, 0.05) is 13.1 Å². The third kappa shape index (κ3) is 3.81. The van der Waals surface area contributed by atoms with Gasteiger partial charge in [-0.2, -0.15) is 4.37 Å². The monoisotopic (exact) mass is 309 g/mol. The molecule has 2 N–H and O–H groups in total. The molecule has 0 bridgehead atoms. The molecule has 7 nitrogen and oxygen atoms in total. The fourth-order valence-electron chi connectivity index (χ4n) is 1.89. The summed E-state index contributed by atoms with van der Waals surface area (Å²) < 4.78 is 23.6. The van der Waals surface area contributed by atoms with Crippen molar-refractivity contribution in [3.8, 4) is 17.4 Å². The number of hydrogen-bond acceptors (Lipinski definition) is 8. The molecule has 1 aromatic carbocycles. The topological polar surface area (TPSA) is 85.7 Å². The Balaban J connectivity index is 1.39. The van der Waals surface area contributed by atoms with Crippen molar-refractivity contribution in [3.63, 3.8) is 0 Å². The molecule has 8 heteroatoms. The third-order valence-corrected chi connectivity index (χ3v) is 3.37. The lowest BCUT2D eigenvalue weighted by Crippen LogP contribution is -2.31. The molecule has 0 saturated carbocycles. The molecule has 1 atom stereocenters. The van der Waals surface area contributed by atoms with Gasteiger partial charge in [0.05, 0.1) is 11.7 Å². The van der Waals surface area contributed by atoms with Crippen molar-refractivity contribution in [2.75, 3.05) is 19.9 Å². The molecule has 0 saturated heterocycles. The first-order valence-corrected chi connectivity index (χ1v) is 7.22. The molecule has 112 valence electrons. The van der Waals surface area contributed by atoms with Crippen molar-refractivity contribution in [2.24, 2.45) is 0 Å². The van der Waals surface area contributed by atoms with Crippen LogP contribution in [0.15, 0.2) is 24.4 Å². The van der Waals surface area contributed by atoms with Gasteiger partial charge in [0.1, 0.15) is 18.9 Å². The largest absolute Gasteiger partial charge is 0.473 e. The minimum Gasteiger partial charge on any atom is -0.473 e. The van der Waals surface area contributed by atoms with Crippen molar-refractivity contribution < 1.29 is 19.3 Å². The molecular weight excluding hydrogens is 294 g/mol. The lowest BCUT2D eigenvalue weighted by Gasteiger charge is -2.12. The van der Waals surface area contributed by atoms with E-state index >= 15 is 0 Å². The first-order valence-electron chi connectivity index (χ1n) is 6.49. The maximum Gasteiger partial charge on any atom is 0.245 e. The minimum absolute atomic E-state index is 0.180. The number of aromatic nitrogens is 2. The van der Waals surface area contributed by atoms with Crippen LogP contribution in [0.4, 0.5) is 0 Å². The number of hydrogen-bond donors (Lipinski definition) is 2. The molecule has 1 aliphatic heterocycles. The average molecular weight is 309 g/mol. The maximum absolute atomic E-state index is 9.80. The molecule has 2 heterocycles. The SMILES string of the molecule is OC(CNCc1ccc2c(c1)OCO2)COc1cnsn1. The second kappa shape index (κ2) is 6.70. The van der Waals surface area contributed by atoms with Gasteiger partial charge in [-0.1, -0.05) is 6.07 Å². The lowest BCUT2D eigenvalue weighted by atomic mass is 10.2. The molecule has 0 aliphatic carbocycles. The lowest BCUT2D eigenvalue weighted by molar-refractivity contribution is 0.104. The molecule has 21 heavy (non-hydrogen) atoms. The van der Waals surface area contributed by atoms with E-state index in [1.807, 2.05) is 18.2 Å². The van der Waals surface area contributed by atoms with Gasteiger partial charge >= 0.3 is 0 Å². The smallest absolute Gasteiger partial charge is 0.245 e. The Morgan fingerprint density at radius 3 is 3.14 bits per heavy atom. The number of fused-ring (bicyclic) bond motifs is 1. The predicted octanol–water partition coefficient (Wildman–Crippen LogP) is 0.796. The summed E-state index contributed by atoms with van der Waals surface area (Å²) in [6.07, 6.45) is 0.915. The van der Waals surface area contributed by atoms with E-state index in [0.29, 0.717) is 19.0 Å². The Bertz CT molecular complexity index is 579. The first kappa shape index (κ1) is 14.1. The summed E-state index contributed by atoms with van der Waals surface area (Å²) in [5, 5.41) is 13.0. The number of nitrogens with one attached hydrogen (secondary N) is 1. The van der Waals surface area contributed by atoms with E-state index in [9.17, 15) is 5.11 Å². The molecule has 2 aromatic rings. The van der Waals surface area contributed by atoms with E-state index in [1.54, 1.807) is 0 Å². The molecule has 0 fully saturated rings. The van der Waals surface area contributed by atoms with Gasteiger partial charge in [0.25, 0.3) is 0 Å². The number of aliphatic hydroxyl groups excluding tert-OH is 1. The Hall–Kier alpha value is -1.90. The molecule has 0 radical (unpaired) electrons. The maximum atomic E-state index is 9.80. The zero-order valence-electron chi connectivity index (χ0n) is 11.2. The van der Waals surface area contributed by atoms with Crippen molar-refractivity contribution in [2.45, 2.75) is 12.6 Å². The first-order chi connectivity index (χ1) is 10.3. The highest BCUT2D eigenvalue weighted by molar-refractivity contribution is 6.99. The average Bonchev–Trinajstić information content (AvgIpc) is 3.16. The van der Waals surface area contributed by atoms with Crippen LogP contribution in [0.1, 0.15) is 5.56 Å². The van der Waals surface area contributed by atoms with Crippen LogP contribution in [0.3, 0.4) is 0 Å². The van der Waals surface area contributed by atoms with Crippen LogP contribution in [0.5, 0.6) is 17.4 Å². The standard InChI is InChI=1S/C13H15N3O4S/c17-10(7-18-13-6-15-21-16-13)5-14-4-9-1-2-11-12(3-9)20-8-19-11/h1-3,6,10,14,17H,4-5,7-8H2. The Labute approximate surface area is 125 Å². The molecule has 0 spiro atoms. The molecule has 1 unspecified atom stereocenters. The number of ether oxygens (including phenoxy) is 3. The van der Waals surface area contributed by atoms with Gasteiger partial charge in [0.2, 0.25) is 12.7 Å². The van der Waals surface area contributed by atoms with Gasteiger partial charge in [-0.25, -0.2) is 0 Å².